The van der Waals surface area contributed by atoms with Crippen LogP contribution in [0.15, 0.2) is 24.3 Å². The first-order valence-electron chi connectivity index (χ1n) is 8.86. The third-order valence-corrected chi connectivity index (χ3v) is 5.50. The van der Waals surface area contributed by atoms with Crippen molar-refractivity contribution in [3.05, 3.63) is 35.4 Å². The second-order valence-electron chi connectivity index (χ2n) is 6.92. The molecule has 3 unspecified atom stereocenters. The SMILES string of the molecule is Cc1ccccc1CNC1CCCCC1C1CCCCN1. The largest absolute Gasteiger partial charge is 0.314 e. The Balaban J connectivity index is 1.60. The molecule has 3 atom stereocenters. The summed E-state index contributed by atoms with van der Waals surface area (Å²) in [4.78, 5) is 0. The molecule has 0 spiro atoms. The molecule has 2 fully saturated rings. The van der Waals surface area contributed by atoms with Gasteiger partial charge in [-0.25, -0.2) is 0 Å². The highest BCUT2D eigenvalue weighted by Crippen LogP contribution is 2.30. The first-order valence-corrected chi connectivity index (χ1v) is 8.86. The van der Waals surface area contributed by atoms with Gasteiger partial charge in [0.1, 0.15) is 0 Å². The number of rotatable bonds is 4. The molecule has 2 aliphatic rings. The molecule has 0 amide bonds. The van der Waals surface area contributed by atoms with Crippen molar-refractivity contribution in [3.8, 4) is 0 Å². The summed E-state index contributed by atoms with van der Waals surface area (Å²) in [6.07, 6.45) is 9.74. The standard InChI is InChI=1S/C19H30N2/c1-15-8-2-3-9-16(15)14-21-19-11-5-4-10-17(19)18-12-6-7-13-20-18/h2-3,8-9,17-21H,4-7,10-14H2,1H3. The zero-order chi connectivity index (χ0) is 14.5. The summed E-state index contributed by atoms with van der Waals surface area (Å²) in [5.74, 6) is 0.836. The lowest BCUT2D eigenvalue weighted by Gasteiger charge is -2.40. The molecular formula is C19H30N2. The smallest absolute Gasteiger partial charge is 0.0210 e. The van der Waals surface area contributed by atoms with Gasteiger partial charge in [-0.1, -0.05) is 43.5 Å². The summed E-state index contributed by atoms with van der Waals surface area (Å²) in [7, 11) is 0. The zero-order valence-corrected chi connectivity index (χ0v) is 13.4. The van der Waals surface area contributed by atoms with Gasteiger partial charge in [0, 0.05) is 18.6 Å². The van der Waals surface area contributed by atoms with Crippen LogP contribution in [-0.4, -0.2) is 18.6 Å². The van der Waals surface area contributed by atoms with E-state index in [1.54, 1.807) is 0 Å². The first kappa shape index (κ1) is 15.1. The molecule has 2 nitrogen and oxygen atoms in total. The van der Waals surface area contributed by atoms with Gasteiger partial charge < -0.3 is 10.6 Å². The van der Waals surface area contributed by atoms with Crippen molar-refractivity contribution in [2.45, 2.75) is 70.5 Å². The topological polar surface area (TPSA) is 24.1 Å². The Morgan fingerprint density at radius 3 is 2.67 bits per heavy atom. The van der Waals surface area contributed by atoms with Gasteiger partial charge in [-0.3, -0.25) is 0 Å². The highest BCUT2D eigenvalue weighted by Gasteiger charge is 2.32. The Hall–Kier alpha value is -0.860. The lowest BCUT2D eigenvalue weighted by atomic mass is 9.77. The molecule has 0 radical (unpaired) electrons. The van der Waals surface area contributed by atoms with Crippen LogP contribution in [0, 0.1) is 12.8 Å². The maximum Gasteiger partial charge on any atom is 0.0210 e. The van der Waals surface area contributed by atoms with Crippen molar-refractivity contribution >= 4 is 0 Å². The van der Waals surface area contributed by atoms with Crippen molar-refractivity contribution < 1.29 is 0 Å². The van der Waals surface area contributed by atoms with Gasteiger partial charge in [0.15, 0.2) is 0 Å². The lowest BCUT2D eigenvalue weighted by molar-refractivity contribution is 0.181. The third-order valence-electron chi connectivity index (χ3n) is 5.50. The molecule has 21 heavy (non-hydrogen) atoms. The Morgan fingerprint density at radius 1 is 1.05 bits per heavy atom. The van der Waals surface area contributed by atoms with Crippen LogP contribution in [0.2, 0.25) is 0 Å². The molecule has 1 aliphatic heterocycles. The summed E-state index contributed by atoms with van der Waals surface area (Å²) in [6, 6.07) is 10.2. The van der Waals surface area contributed by atoms with Crippen LogP contribution in [0.4, 0.5) is 0 Å². The minimum absolute atomic E-state index is 0.703. The summed E-state index contributed by atoms with van der Waals surface area (Å²) >= 11 is 0. The van der Waals surface area contributed by atoms with Gasteiger partial charge in [-0.15, -0.1) is 0 Å². The molecule has 1 aliphatic carbocycles. The van der Waals surface area contributed by atoms with Crippen molar-refractivity contribution in [2.75, 3.05) is 6.54 Å². The second kappa shape index (κ2) is 7.42. The second-order valence-corrected chi connectivity index (χ2v) is 6.92. The van der Waals surface area contributed by atoms with Crippen molar-refractivity contribution in [1.29, 1.82) is 0 Å². The van der Waals surface area contributed by atoms with Crippen LogP contribution in [0.3, 0.4) is 0 Å². The van der Waals surface area contributed by atoms with Crippen LogP contribution in [-0.2, 0) is 6.54 Å². The van der Waals surface area contributed by atoms with E-state index in [0.29, 0.717) is 6.04 Å². The molecule has 0 aromatic heterocycles. The van der Waals surface area contributed by atoms with Crippen molar-refractivity contribution in [1.82, 2.24) is 10.6 Å². The number of nitrogens with one attached hydrogen (secondary N) is 2. The molecule has 1 aromatic rings. The number of hydrogen-bond acceptors (Lipinski definition) is 2. The number of aryl methyl sites for hydroxylation is 1. The first-order chi connectivity index (χ1) is 10.3. The molecule has 1 saturated heterocycles. The summed E-state index contributed by atoms with van der Waals surface area (Å²) in [5.41, 5.74) is 2.87. The van der Waals surface area contributed by atoms with E-state index in [1.807, 2.05) is 0 Å². The van der Waals surface area contributed by atoms with E-state index in [2.05, 4.69) is 41.8 Å². The van der Waals surface area contributed by atoms with E-state index in [9.17, 15) is 0 Å². The predicted octanol–water partition coefficient (Wildman–Crippen LogP) is 3.79. The third kappa shape index (κ3) is 3.87. The van der Waals surface area contributed by atoms with E-state index in [1.165, 1.54) is 62.6 Å². The van der Waals surface area contributed by atoms with E-state index in [0.717, 1.165) is 18.5 Å². The summed E-state index contributed by atoms with van der Waals surface area (Å²) in [6.45, 7) is 4.48. The Morgan fingerprint density at radius 2 is 1.86 bits per heavy atom. The number of benzene rings is 1. The predicted molar refractivity (Wildman–Crippen MR) is 89.4 cm³/mol. The molecule has 2 heteroatoms. The highest BCUT2D eigenvalue weighted by atomic mass is 15.0. The van der Waals surface area contributed by atoms with Gasteiger partial charge >= 0.3 is 0 Å². The average Bonchev–Trinajstić information content (AvgIpc) is 2.55. The van der Waals surface area contributed by atoms with Gasteiger partial charge in [0.25, 0.3) is 0 Å². The van der Waals surface area contributed by atoms with E-state index >= 15 is 0 Å². The van der Waals surface area contributed by atoms with Crippen LogP contribution in [0.1, 0.15) is 56.1 Å². The monoisotopic (exact) mass is 286 g/mol. The molecular weight excluding hydrogens is 256 g/mol. The summed E-state index contributed by atoms with van der Waals surface area (Å²) < 4.78 is 0. The minimum atomic E-state index is 0.703. The van der Waals surface area contributed by atoms with Gasteiger partial charge in [-0.2, -0.15) is 0 Å². The molecule has 116 valence electrons. The number of piperidine rings is 1. The van der Waals surface area contributed by atoms with E-state index in [4.69, 9.17) is 0 Å². The Bertz CT molecular complexity index is 437. The van der Waals surface area contributed by atoms with E-state index < -0.39 is 0 Å². The molecule has 2 N–H and O–H groups in total. The van der Waals surface area contributed by atoms with Crippen LogP contribution >= 0.6 is 0 Å². The Labute approximate surface area is 129 Å². The molecule has 3 rings (SSSR count). The molecule has 0 bridgehead atoms. The maximum absolute atomic E-state index is 3.89. The van der Waals surface area contributed by atoms with Crippen LogP contribution in [0.25, 0.3) is 0 Å². The van der Waals surface area contributed by atoms with Crippen molar-refractivity contribution in [3.63, 3.8) is 0 Å². The average molecular weight is 286 g/mol. The molecule has 1 heterocycles. The van der Waals surface area contributed by atoms with Gasteiger partial charge in [-0.05, 0) is 56.2 Å². The Kier molecular flexibility index (Phi) is 5.32. The maximum atomic E-state index is 3.89. The quantitative estimate of drug-likeness (QED) is 0.880. The fourth-order valence-corrected chi connectivity index (χ4v) is 4.19. The van der Waals surface area contributed by atoms with Gasteiger partial charge in [0.2, 0.25) is 0 Å². The van der Waals surface area contributed by atoms with Gasteiger partial charge in [0.05, 0.1) is 0 Å². The summed E-state index contributed by atoms with van der Waals surface area (Å²) in [5, 5.41) is 7.67. The zero-order valence-electron chi connectivity index (χ0n) is 13.4. The molecule has 1 saturated carbocycles. The van der Waals surface area contributed by atoms with Crippen molar-refractivity contribution in [2.24, 2.45) is 5.92 Å². The van der Waals surface area contributed by atoms with Crippen LogP contribution in [0.5, 0.6) is 0 Å². The number of hydrogen-bond donors (Lipinski definition) is 2. The normalized spacial score (nSPS) is 30.2. The minimum Gasteiger partial charge on any atom is -0.314 e. The van der Waals surface area contributed by atoms with E-state index in [-0.39, 0.29) is 0 Å². The lowest BCUT2D eigenvalue weighted by Crippen LogP contribution is -2.50. The van der Waals surface area contributed by atoms with Crippen LogP contribution < -0.4 is 10.6 Å². The highest BCUT2D eigenvalue weighted by molar-refractivity contribution is 5.25. The fraction of sp³-hybridized carbons (Fsp3) is 0.684. The molecule has 1 aromatic carbocycles. The fourth-order valence-electron chi connectivity index (χ4n) is 4.19.